The summed E-state index contributed by atoms with van der Waals surface area (Å²) in [4.78, 5) is 24.8. The minimum absolute atomic E-state index is 0.0149. The molecule has 0 saturated carbocycles. The van der Waals surface area contributed by atoms with E-state index in [1.807, 2.05) is 36.4 Å². The fraction of sp³-hybridized carbons (Fsp3) is 0.0526. The molecule has 0 aliphatic carbocycles. The summed E-state index contributed by atoms with van der Waals surface area (Å²) in [5, 5.41) is 0. The third-order valence-electron chi connectivity index (χ3n) is 3.51. The van der Waals surface area contributed by atoms with E-state index in [2.05, 4.69) is 0 Å². The smallest absolute Gasteiger partial charge is 0.209 e. The Bertz CT molecular complexity index is 789. The van der Waals surface area contributed by atoms with Crippen molar-refractivity contribution in [2.75, 3.05) is 0 Å². The lowest BCUT2D eigenvalue weighted by Gasteiger charge is -2.08. The van der Waals surface area contributed by atoms with E-state index in [-0.39, 0.29) is 18.1 Å². The first-order chi connectivity index (χ1) is 10.8. The van der Waals surface area contributed by atoms with Crippen molar-refractivity contribution in [2.24, 2.45) is 0 Å². The van der Waals surface area contributed by atoms with Crippen molar-refractivity contribution in [3.63, 3.8) is 0 Å². The number of aromatic nitrogens is 1. The van der Waals surface area contributed by atoms with Crippen molar-refractivity contribution in [2.45, 2.75) is 6.54 Å². The maximum Gasteiger partial charge on any atom is 0.209 e. The van der Waals surface area contributed by atoms with Crippen LogP contribution in [-0.2, 0) is 6.54 Å². The summed E-state index contributed by atoms with van der Waals surface area (Å²) in [6.45, 7) is 0.158. The third-order valence-corrected chi connectivity index (χ3v) is 3.51. The Balaban J connectivity index is 1.84. The van der Waals surface area contributed by atoms with Gasteiger partial charge in [-0.2, -0.15) is 0 Å². The summed E-state index contributed by atoms with van der Waals surface area (Å²) in [5.41, 5.74) is 1.79. The molecule has 0 bridgehead atoms. The van der Waals surface area contributed by atoms with E-state index < -0.39 is 0 Å². The highest BCUT2D eigenvalue weighted by molar-refractivity contribution is 6.08. The average molecular weight is 289 g/mol. The second kappa shape index (κ2) is 6.22. The summed E-state index contributed by atoms with van der Waals surface area (Å²) in [6, 6.07) is 21.7. The Morgan fingerprint density at radius 1 is 0.727 bits per heavy atom. The molecule has 0 amide bonds. The van der Waals surface area contributed by atoms with E-state index >= 15 is 0 Å². The number of ketones is 2. The van der Waals surface area contributed by atoms with E-state index in [1.54, 1.807) is 47.2 Å². The van der Waals surface area contributed by atoms with Crippen LogP contribution in [0.25, 0.3) is 0 Å². The van der Waals surface area contributed by atoms with Crippen LogP contribution in [-0.4, -0.2) is 16.1 Å². The molecule has 0 atom stereocenters. The summed E-state index contributed by atoms with van der Waals surface area (Å²) >= 11 is 0. The summed E-state index contributed by atoms with van der Waals surface area (Å²) in [5.74, 6) is -0.0922. The molecule has 0 aliphatic heterocycles. The van der Waals surface area contributed by atoms with Crippen molar-refractivity contribution < 1.29 is 9.59 Å². The molecule has 3 rings (SSSR count). The van der Waals surface area contributed by atoms with Gasteiger partial charge in [-0.25, -0.2) is 0 Å². The van der Waals surface area contributed by atoms with Crippen LogP contribution in [0.2, 0.25) is 0 Å². The highest BCUT2D eigenvalue weighted by Crippen LogP contribution is 2.12. The van der Waals surface area contributed by atoms with Gasteiger partial charge >= 0.3 is 0 Å². The van der Waals surface area contributed by atoms with Crippen molar-refractivity contribution in [3.8, 4) is 0 Å². The number of carbonyl (C=O) groups is 2. The van der Waals surface area contributed by atoms with Crippen LogP contribution >= 0.6 is 0 Å². The molecule has 0 radical (unpaired) electrons. The maximum absolute atomic E-state index is 12.5. The van der Waals surface area contributed by atoms with E-state index in [0.29, 0.717) is 16.8 Å². The molecule has 1 aromatic heterocycles. The van der Waals surface area contributed by atoms with Gasteiger partial charge in [0.1, 0.15) is 0 Å². The lowest BCUT2D eigenvalue weighted by Crippen LogP contribution is -2.15. The number of hydrogen-bond acceptors (Lipinski definition) is 2. The van der Waals surface area contributed by atoms with Crippen LogP contribution in [0.4, 0.5) is 0 Å². The summed E-state index contributed by atoms with van der Waals surface area (Å²) < 4.78 is 1.70. The number of hydrogen-bond donors (Lipinski definition) is 0. The van der Waals surface area contributed by atoms with E-state index in [1.165, 1.54) is 0 Å². The van der Waals surface area contributed by atoms with Crippen LogP contribution in [0.3, 0.4) is 0 Å². The monoisotopic (exact) mass is 289 g/mol. The molecule has 0 aliphatic rings. The van der Waals surface area contributed by atoms with Gasteiger partial charge in [-0.15, -0.1) is 0 Å². The molecular formula is C19H15NO2. The van der Waals surface area contributed by atoms with E-state index in [0.717, 1.165) is 0 Å². The first-order valence-electron chi connectivity index (χ1n) is 7.09. The molecule has 2 aromatic carbocycles. The zero-order valence-corrected chi connectivity index (χ0v) is 12.0. The predicted molar refractivity (Wildman–Crippen MR) is 85.1 cm³/mol. The number of carbonyl (C=O) groups excluding carboxylic acids is 2. The van der Waals surface area contributed by atoms with Gasteiger partial charge in [0.05, 0.1) is 12.2 Å². The molecule has 0 N–H and O–H groups in total. The van der Waals surface area contributed by atoms with Gasteiger partial charge in [-0.3, -0.25) is 9.59 Å². The fourth-order valence-corrected chi connectivity index (χ4v) is 2.37. The molecular weight excluding hydrogens is 274 g/mol. The van der Waals surface area contributed by atoms with E-state index in [4.69, 9.17) is 0 Å². The number of benzene rings is 2. The Kier molecular flexibility index (Phi) is 3.97. The van der Waals surface area contributed by atoms with Crippen LogP contribution in [0, 0.1) is 0 Å². The summed E-state index contributed by atoms with van der Waals surface area (Å²) in [7, 11) is 0. The lowest BCUT2D eigenvalue weighted by atomic mass is 10.1. The molecule has 0 fully saturated rings. The van der Waals surface area contributed by atoms with Gasteiger partial charge in [0.2, 0.25) is 5.78 Å². The van der Waals surface area contributed by atoms with Gasteiger partial charge in [-0.1, -0.05) is 60.7 Å². The minimum atomic E-state index is -0.0774. The van der Waals surface area contributed by atoms with Gasteiger partial charge in [0.15, 0.2) is 5.78 Å². The molecule has 3 nitrogen and oxygen atoms in total. The molecule has 22 heavy (non-hydrogen) atoms. The minimum Gasteiger partial charge on any atom is -0.337 e. The Hall–Kier alpha value is -2.94. The van der Waals surface area contributed by atoms with Crippen LogP contribution in [0.1, 0.15) is 26.4 Å². The highest BCUT2D eigenvalue weighted by atomic mass is 16.1. The SMILES string of the molecule is O=C(Cn1cccc1C(=O)c1ccccc1)c1ccccc1. The molecule has 1 heterocycles. The molecule has 3 aromatic rings. The molecule has 3 heteroatoms. The largest absolute Gasteiger partial charge is 0.337 e. The molecule has 108 valence electrons. The van der Waals surface area contributed by atoms with Gasteiger partial charge in [0.25, 0.3) is 0 Å². The maximum atomic E-state index is 12.5. The van der Waals surface area contributed by atoms with E-state index in [9.17, 15) is 9.59 Å². The average Bonchev–Trinajstić information content (AvgIpc) is 3.04. The zero-order valence-electron chi connectivity index (χ0n) is 12.0. The lowest BCUT2D eigenvalue weighted by molar-refractivity contribution is 0.0968. The summed E-state index contributed by atoms with van der Waals surface area (Å²) in [6.07, 6.45) is 1.76. The van der Waals surface area contributed by atoms with Crippen LogP contribution in [0.5, 0.6) is 0 Å². The quantitative estimate of drug-likeness (QED) is 0.673. The van der Waals surface area contributed by atoms with Crippen molar-refractivity contribution in [1.29, 1.82) is 0 Å². The Morgan fingerprint density at radius 3 is 1.95 bits per heavy atom. The topological polar surface area (TPSA) is 39.1 Å². The van der Waals surface area contributed by atoms with Gasteiger partial charge in [-0.05, 0) is 12.1 Å². The third kappa shape index (κ3) is 2.88. The Labute approximate surface area is 128 Å². The first kappa shape index (κ1) is 14.0. The van der Waals surface area contributed by atoms with Crippen molar-refractivity contribution in [3.05, 3.63) is 95.8 Å². The second-order valence-electron chi connectivity index (χ2n) is 5.01. The van der Waals surface area contributed by atoms with Crippen molar-refractivity contribution >= 4 is 11.6 Å². The zero-order chi connectivity index (χ0) is 15.4. The first-order valence-corrected chi connectivity index (χ1v) is 7.09. The highest BCUT2D eigenvalue weighted by Gasteiger charge is 2.15. The number of Topliss-reactive ketones (excluding diaryl/α,β-unsaturated/α-hetero) is 1. The van der Waals surface area contributed by atoms with Crippen LogP contribution in [0.15, 0.2) is 79.0 Å². The number of nitrogens with zero attached hydrogens (tertiary/aromatic N) is 1. The Morgan fingerprint density at radius 2 is 1.32 bits per heavy atom. The second-order valence-corrected chi connectivity index (χ2v) is 5.01. The van der Waals surface area contributed by atoms with Gasteiger partial charge in [0, 0.05) is 17.3 Å². The van der Waals surface area contributed by atoms with Crippen LogP contribution < -0.4 is 0 Å². The number of rotatable bonds is 5. The molecule has 0 saturated heterocycles. The normalized spacial score (nSPS) is 10.4. The predicted octanol–water partition coefficient (Wildman–Crippen LogP) is 3.60. The van der Waals surface area contributed by atoms with Gasteiger partial charge < -0.3 is 4.57 Å². The molecule has 0 unspecified atom stereocenters. The van der Waals surface area contributed by atoms with Crippen molar-refractivity contribution in [1.82, 2.24) is 4.57 Å². The fourth-order valence-electron chi connectivity index (χ4n) is 2.37. The molecule has 0 spiro atoms. The standard InChI is InChI=1S/C19H15NO2/c21-18(15-8-3-1-4-9-15)14-20-13-7-12-17(20)19(22)16-10-5-2-6-11-16/h1-13H,14H2.